The van der Waals surface area contributed by atoms with Gasteiger partial charge in [0.15, 0.2) is 6.61 Å². The van der Waals surface area contributed by atoms with Gasteiger partial charge in [0.25, 0.3) is 0 Å². The molecule has 0 aliphatic heterocycles. The molecule has 0 aliphatic carbocycles. The fourth-order valence-electron chi connectivity index (χ4n) is 2.52. The topological polar surface area (TPSA) is 90.4 Å². The molecule has 0 saturated heterocycles. The first kappa shape index (κ1) is 24.4. The maximum atomic E-state index is 12.6. The Hall–Kier alpha value is -4.28. The molecule has 3 aromatic rings. The van der Waals surface area contributed by atoms with E-state index in [1.165, 1.54) is 0 Å². The summed E-state index contributed by atoms with van der Waals surface area (Å²) < 4.78 is 53.4. The van der Waals surface area contributed by atoms with Crippen molar-refractivity contribution >= 4 is 23.3 Å². The summed E-state index contributed by atoms with van der Waals surface area (Å²) >= 11 is 0. The minimum atomic E-state index is -4.55. The van der Waals surface area contributed by atoms with Gasteiger partial charge in [-0.25, -0.2) is 0 Å². The SMILES string of the molecule is C=CCOc1ccc(Nc2nc(Nc3ccc(OCC=C)cc3)nc(OCC(F)(F)F)n2)cc1. The summed E-state index contributed by atoms with van der Waals surface area (Å²) in [5.41, 5.74) is 1.15. The third kappa shape index (κ3) is 8.01. The second-order valence-corrected chi connectivity index (χ2v) is 6.67. The predicted molar refractivity (Wildman–Crippen MR) is 122 cm³/mol. The van der Waals surface area contributed by atoms with Crippen molar-refractivity contribution in [3.8, 4) is 17.5 Å². The molecule has 11 heteroatoms. The number of rotatable bonds is 12. The quantitative estimate of drug-likeness (QED) is 0.337. The van der Waals surface area contributed by atoms with Crippen molar-refractivity contribution in [2.75, 3.05) is 30.5 Å². The van der Waals surface area contributed by atoms with Crippen molar-refractivity contribution < 1.29 is 27.4 Å². The monoisotopic (exact) mass is 473 g/mol. The number of nitrogens with one attached hydrogen (secondary N) is 2. The van der Waals surface area contributed by atoms with E-state index in [9.17, 15) is 13.2 Å². The van der Waals surface area contributed by atoms with Crippen molar-refractivity contribution in [3.63, 3.8) is 0 Å². The highest BCUT2D eigenvalue weighted by Gasteiger charge is 2.29. The minimum absolute atomic E-state index is 0.0135. The molecule has 0 amide bonds. The fraction of sp³-hybridized carbons (Fsp3) is 0.174. The zero-order valence-electron chi connectivity index (χ0n) is 18.0. The minimum Gasteiger partial charge on any atom is -0.490 e. The van der Waals surface area contributed by atoms with Gasteiger partial charge in [-0.1, -0.05) is 25.3 Å². The van der Waals surface area contributed by atoms with E-state index in [0.717, 1.165) is 0 Å². The Morgan fingerprint density at radius 3 is 1.53 bits per heavy atom. The first-order valence-corrected chi connectivity index (χ1v) is 10.0. The van der Waals surface area contributed by atoms with Crippen LogP contribution in [0.5, 0.6) is 17.5 Å². The highest BCUT2D eigenvalue weighted by Crippen LogP contribution is 2.24. The van der Waals surface area contributed by atoms with Crippen LogP contribution in [-0.2, 0) is 0 Å². The summed E-state index contributed by atoms with van der Waals surface area (Å²) in [4.78, 5) is 12.1. The third-order valence-electron chi connectivity index (χ3n) is 3.94. The maximum Gasteiger partial charge on any atom is 0.422 e. The first-order chi connectivity index (χ1) is 16.3. The molecular weight excluding hydrogens is 451 g/mol. The molecule has 0 atom stereocenters. The molecule has 0 saturated carbocycles. The van der Waals surface area contributed by atoms with Crippen LogP contribution in [0, 0.1) is 0 Å². The number of aromatic nitrogens is 3. The average molecular weight is 473 g/mol. The summed E-state index contributed by atoms with van der Waals surface area (Å²) in [5, 5.41) is 5.83. The van der Waals surface area contributed by atoms with E-state index in [0.29, 0.717) is 36.1 Å². The smallest absolute Gasteiger partial charge is 0.422 e. The van der Waals surface area contributed by atoms with Crippen LogP contribution < -0.4 is 24.8 Å². The maximum absolute atomic E-state index is 12.6. The van der Waals surface area contributed by atoms with Gasteiger partial charge in [-0.3, -0.25) is 0 Å². The average Bonchev–Trinajstić information content (AvgIpc) is 2.81. The number of nitrogens with zero attached hydrogens (tertiary/aromatic N) is 3. The molecule has 0 unspecified atom stereocenters. The van der Waals surface area contributed by atoms with E-state index >= 15 is 0 Å². The molecule has 0 aliphatic rings. The van der Waals surface area contributed by atoms with Crippen LogP contribution in [0.25, 0.3) is 0 Å². The highest BCUT2D eigenvalue weighted by atomic mass is 19.4. The Bertz CT molecular complexity index is 1010. The Morgan fingerprint density at radius 1 is 0.706 bits per heavy atom. The van der Waals surface area contributed by atoms with E-state index in [-0.39, 0.29) is 11.9 Å². The lowest BCUT2D eigenvalue weighted by molar-refractivity contribution is -0.154. The molecule has 178 valence electrons. The summed E-state index contributed by atoms with van der Waals surface area (Å²) in [6.07, 6.45) is -1.30. The molecule has 2 N–H and O–H groups in total. The van der Waals surface area contributed by atoms with Crippen LogP contribution in [0.3, 0.4) is 0 Å². The van der Waals surface area contributed by atoms with Gasteiger partial charge in [0.2, 0.25) is 11.9 Å². The summed E-state index contributed by atoms with van der Waals surface area (Å²) in [6.45, 7) is 6.34. The molecule has 0 fully saturated rings. The first-order valence-electron chi connectivity index (χ1n) is 10.0. The number of anilines is 4. The van der Waals surface area contributed by atoms with Crippen LogP contribution in [0.15, 0.2) is 73.8 Å². The van der Waals surface area contributed by atoms with Crippen LogP contribution in [0.2, 0.25) is 0 Å². The third-order valence-corrected chi connectivity index (χ3v) is 3.94. The summed E-state index contributed by atoms with van der Waals surface area (Å²) in [5.74, 6) is 1.22. The Kier molecular flexibility index (Phi) is 8.27. The second kappa shape index (κ2) is 11.5. The van der Waals surface area contributed by atoms with Crippen LogP contribution in [0.1, 0.15) is 0 Å². The van der Waals surface area contributed by atoms with Gasteiger partial charge in [0.1, 0.15) is 24.7 Å². The van der Waals surface area contributed by atoms with Crippen molar-refractivity contribution in [1.29, 1.82) is 0 Å². The Labute approximate surface area is 194 Å². The molecular formula is C23H22F3N5O3. The summed E-state index contributed by atoms with van der Waals surface area (Å²) in [6, 6.07) is 13.2. The Balaban J connectivity index is 1.78. The van der Waals surface area contributed by atoms with Crippen LogP contribution >= 0.6 is 0 Å². The molecule has 1 heterocycles. The van der Waals surface area contributed by atoms with E-state index in [1.807, 2.05) is 0 Å². The lowest BCUT2D eigenvalue weighted by Gasteiger charge is -2.12. The normalized spacial score (nSPS) is 10.8. The van der Waals surface area contributed by atoms with Crippen LogP contribution in [-0.4, -0.2) is 40.9 Å². The molecule has 8 nitrogen and oxygen atoms in total. The lowest BCUT2D eigenvalue weighted by Crippen LogP contribution is -2.20. The lowest BCUT2D eigenvalue weighted by atomic mass is 10.3. The van der Waals surface area contributed by atoms with Crippen molar-refractivity contribution in [3.05, 3.63) is 73.8 Å². The van der Waals surface area contributed by atoms with Gasteiger partial charge in [-0.2, -0.15) is 28.1 Å². The largest absolute Gasteiger partial charge is 0.490 e. The molecule has 0 spiro atoms. The molecule has 0 bridgehead atoms. The fourth-order valence-corrected chi connectivity index (χ4v) is 2.52. The van der Waals surface area contributed by atoms with E-state index in [2.05, 4.69) is 38.7 Å². The van der Waals surface area contributed by atoms with E-state index < -0.39 is 18.8 Å². The van der Waals surface area contributed by atoms with Gasteiger partial charge < -0.3 is 24.8 Å². The number of halogens is 3. The van der Waals surface area contributed by atoms with Gasteiger partial charge in [-0.05, 0) is 48.5 Å². The number of hydrogen-bond acceptors (Lipinski definition) is 8. The van der Waals surface area contributed by atoms with Crippen molar-refractivity contribution in [2.24, 2.45) is 0 Å². The zero-order valence-corrected chi connectivity index (χ0v) is 18.0. The van der Waals surface area contributed by atoms with Crippen molar-refractivity contribution in [1.82, 2.24) is 15.0 Å². The van der Waals surface area contributed by atoms with Gasteiger partial charge in [0, 0.05) is 11.4 Å². The number of benzene rings is 2. The zero-order chi connectivity index (χ0) is 24.4. The number of alkyl halides is 3. The Morgan fingerprint density at radius 2 is 1.15 bits per heavy atom. The second-order valence-electron chi connectivity index (χ2n) is 6.67. The standard InChI is InChI=1S/C23H22F3N5O3/c1-3-13-32-18-9-5-16(6-10-18)27-20-29-21(31-22(30-20)34-15-23(24,25)26)28-17-7-11-19(12-8-17)33-14-4-2/h3-12H,1-2,13-15H2,(H2,27,28,29,30,31). The molecule has 1 aromatic heterocycles. The van der Waals surface area contributed by atoms with E-state index in [4.69, 9.17) is 14.2 Å². The van der Waals surface area contributed by atoms with Crippen molar-refractivity contribution in [2.45, 2.75) is 6.18 Å². The van der Waals surface area contributed by atoms with Gasteiger partial charge >= 0.3 is 12.2 Å². The summed E-state index contributed by atoms with van der Waals surface area (Å²) in [7, 11) is 0. The predicted octanol–water partition coefficient (Wildman–Crippen LogP) is 5.43. The van der Waals surface area contributed by atoms with Gasteiger partial charge in [0.05, 0.1) is 0 Å². The molecule has 3 rings (SSSR count). The molecule has 34 heavy (non-hydrogen) atoms. The number of ether oxygens (including phenoxy) is 3. The van der Waals surface area contributed by atoms with Gasteiger partial charge in [-0.15, -0.1) is 0 Å². The van der Waals surface area contributed by atoms with Crippen LogP contribution in [0.4, 0.5) is 36.4 Å². The number of hydrogen-bond donors (Lipinski definition) is 2. The molecule has 0 radical (unpaired) electrons. The highest BCUT2D eigenvalue weighted by molar-refractivity contribution is 5.59. The van der Waals surface area contributed by atoms with E-state index in [1.54, 1.807) is 60.7 Å². The molecule has 2 aromatic carbocycles.